The van der Waals surface area contributed by atoms with Gasteiger partial charge < -0.3 is 5.11 Å². The second-order valence-corrected chi connectivity index (χ2v) is 8.48. The van der Waals surface area contributed by atoms with E-state index in [9.17, 15) is 18.3 Å². The summed E-state index contributed by atoms with van der Waals surface area (Å²) < 4.78 is 26.0. The molecule has 2 atom stereocenters. The number of fused-ring (bicyclic) bond motifs is 1. The summed E-state index contributed by atoms with van der Waals surface area (Å²) in [6, 6.07) is 0. The third-order valence-corrected chi connectivity index (χ3v) is 6.96. The van der Waals surface area contributed by atoms with Gasteiger partial charge in [-0.3, -0.25) is 4.79 Å². The Morgan fingerprint density at radius 3 is 2.63 bits per heavy atom. The molecule has 0 aromatic heterocycles. The number of carboxylic acid groups (broad SMARTS) is 1. The summed E-state index contributed by atoms with van der Waals surface area (Å²) in [5.74, 6) is -0.0130. The molecule has 0 spiro atoms. The van der Waals surface area contributed by atoms with Gasteiger partial charge in [0.2, 0.25) is 10.0 Å². The predicted octanol–water partition coefficient (Wildman–Crippen LogP) is 1.30. The molecular weight excluding hydrogens is 266 g/mol. The van der Waals surface area contributed by atoms with Crippen LogP contribution in [0.15, 0.2) is 0 Å². The summed E-state index contributed by atoms with van der Waals surface area (Å²) >= 11 is 0. The molecule has 1 aliphatic heterocycles. The Balaban J connectivity index is 1.71. The molecular formula is C13H21NO4S. The molecule has 19 heavy (non-hydrogen) atoms. The second kappa shape index (κ2) is 4.45. The van der Waals surface area contributed by atoms with Crippen molar-refractivity contribution in [1.82, 2.24) is 4.31 Å². The molecule has 0 bridgehead atoms. The smallest absolute Gasteiger partial charge is 0.311 e. The molecule has 1 heterocycles. The van der Waals surface area contributed by atoms with Gasteiger partial charge in [0.05, 0.1) is 11.2 Å². The highest BCUT2D eigenvalue weighted by Crippen LogP contribution is 2.49. The Morgan fingerprint density at radius 2 is 2.05 bits per heavy atom. The Hall–Kier alpha value is -0.620. The first-order valence-corrected chi connectivity index (χ1v) is 8.76. The van der Waals surface area contributed by atoms with Crippen LogP contribution in [0, 0.1) is 17.3 Å². The highest BCUT2D eigenvalue weighted by Gasteiger charge is 2.56. The molecule has 2 aliphatic carbocycles. The standard InChI is InChI=1S/C13H21NO4S/c15-12(16)13-6-1-2-11(13)8-14(9-13)19(17,18)7-5-10-3-4-10/h10-11H,1-9H2,(H,15,16)/t11-,13+/m0/s1. The highest BCUT2D eigenvalue weighted by molar-refractivity contribution is 7.89. The number of carboxylic acids is 1. The van der Waals surface area contributed by atoms with Gasteiger partial charge >= 0.3 is 5.97 Å². The van der Waals surface area contributed by atoms with Crippen molar-refractivity contribution in [2.75, 3.05) is 18.8 Å². The summed E-state index contributed by atoms with van der Waals surface area (Å²) in [7, 11) is -3.26. The fraction of sp³-hybridized carbons (Fsp3) is 0.923. The minimum absolute atomic E-state index is 0.0145. The maximum Gasteiger partial charge on any atom is 0.311 e. The fourth-order valence-electron chi connectivity index (χ4n) is 3.66. The van der Waals surface area contributed by atoms with Crippen LogP contribution >= 0.6 is 0 Å². The van der Waals surface area contributed by atoms with Crippen molar-refractivity contribution in [2.24, 2.45) is 17.3 Å². The lowest BCUT2D eigenvalue weighted by Gasteiger charge is -2.23. The van der Waals surface area contributed by atoms with Crippen molar-refractivity contribution in [1.29, 1.82) is 0 Å². The van der Waals surface area contributed by atoms with E-state index >= 15 is 0 Å². The average molecular weight is 287 g/mol. The van der Waals surface area contributed by atoms with Crippen molar-refractivity contribution >= 4 is 16.0 Å². The van der Waals surface area contributed by atoms with E-state index in [1.807, 2.05) is 0 Å². The van der Waals surface area contributed by atoms with E-state index in [-0.39, 0.29) is 18.2 Å². The topological polar surface area (TPSA) is 74.7 Å². The van der Waals surface area contributed by atoms with E-state index in [1.165, 1.54) is 4.31 Å². The van der Waals surface area contributed by atoms with Crippen LogP contribution in [0.3, 0.4) is 0 Å². The van der Waals surface area contributed by atoms with Gasteiger partial charge in [-0.1, -0.05) is 19.3 Å². The van der Waals surface area contributed by atoms with Crippen molar-refractivity contribution < 1.29 is 18.3 Å². The molecule has 3 rings (SSSR count). The van der Waals surface area contributed by atoms with E-state index < -0.39 is 21.4 Å². The molecule has 108 valence electrons. The maximum absolute atomic E-state index is 12.3. The first-order valence-electron chi connectivity index (χ1n) is 7.15. The van der Waals surface area contributed by atoms with Gasteiger partial charge in [-0.05, 0) is 31.1 Å². The number of sulfonamides is 1. The number of nitrogens with zero attached hydrogens (tertiary/aromatic N) is 1. The van der Waals surface area contributed by atoms with E-state index in [0.717, 1.165) is 32.1 Å². The molecule has 0 radical (unpaired) electrons. The molecule has 1 saturated heterocycles. The predicted molar refractivity (Wildman–Crippen MR) is 70.1 cm³/mol. The quantitative estimate of drug-likeness (QED) is 0.827. The minimum atomic E-state index is -3.26. The van der Waals surface area contributed by atoms with Crippen molar-refractivity contribution in [3.63, 3.8) is 0 Å². The van der Waals surface area contributed by atoms with Crippen molar-refractivity contribution in [2.45, 2.75) is 38.5 Å². The van der Waals surface area contributed by atoms with Gasteiger partial charge in [0, 0.05) is 13.1 Å². The third kappa shape index (κ3) is 2.29. The molecule has 0 unspecified atom stereocenters. The number of rotatable bonds is 5. The summed E-state index contributed by atoms with van der Waals surface area (Å²) in [6.07, 6.45) is 5.42. The van der Waals surface area contributed by atoms with Gasteiger partial charge in [0.25, 0.3) is 0 Å². The molecule has 0 amide bonds. The van der Waals surface area contributed by atoms with Crippen LogP contribution in [0.1, 0.15) is 38.5 Å². The zero-order chi connectivity index (χ0) is 13.7. The lowest BCUT2D eigenvalue weighted by atomic mass is 9.81. The monoisotopic (exact) mass is 287 g/mol. The molecule has 0 aromatic rings. The van der Waals surface area contributed by atoms with Crippen LogP contribution in [0.2, 0.25) is 0 Å². The van der Waals surface area contributed by atoms with Gasteiger partial charge in [0.15, 0.2) is 0 Å². The third-order valence-electron chi connectivity index (χ3n) is 5.14. The average Bonchev–Trinajstić information content (AvgIpc) is 2.94. The molecule has 3 aliphatic rings. The number of hydrogen-bond acceptors (Lipinski definition) is 3. The first kappa shape index (κ1) is 13.4. The van der Waals surface area contributed by atoms with Crippen LogP contribution in [0.5, 0.6) is 0 Å². The molecule has 6 heteroatoms. The molecule has 5 nitrogen and oxygen atoms in total. The SMILES string of the molecule is O=C(O)[C@@]12CCC[C@H]1CN(S(=O)(=O)CCC1CC1)C2. The lowest BCUT2D eigenvalue weighted by Crippen LogP contribution is -2.38. The van der Waals surface area contributed by atoms with Crippen LogP contribution in [-0.2, 0) is 14.8 Å². The second-order valence-electron chi connectivity index (χ2n) is 6.39. The Bertz CT molecular complexity index is 485. The first-order chi connectivity index (χ1) is 8.94. The Morgan fingerprint density at radius 1 is 1.32 bits per heavy atom. The molecule has 3 fully saturated rings. The van der Waals surface area contributed by atoms with Crippen molar-refractivity contribution in [3.05, 3.63) is 0 Å². The molecule has 1 N–H and O–H groups in total. The van der Waals surface area contributed by atoms with Gasteiger partial charge in [0.1, 0.15) is 0 Å². The van der Waals surface area contributed by atoms with Crippen LogP contribution in [-0.4, -0.2) is 42.6 Å². The number of aliphatic carboxylic acids is 1. The summed E-state index contributed by atoms with van der Waals surface area (Å²) in [5.41, 5.74) is -0.799. The summed E-state index contributed by atoms with van der Waals surface area (Å²) in [4.78, 5) is 11.5. The van der Waals surface area contributed by atoms with E-state index in [0.29, 0.717) is 18.9 Å². The van der Waals surface area contributed by atoms with Crippen LogP contribution in [0.4, 0.5) is 0 Å². The Labute approximate surface area is 114 Å². The van der Waals surface area contributed by atoms with E-state index in [4.69, 9.17) is 0 Å². The lowest BCUT2D eigenvalue weighted by molar-refractivity contribution is -0.149. The summed E-state index contributed by atoms with van der Waals surface area (Å²) in [6.45, 7) is 0.610. The summed E-state index contributed by atoms with van der Waals surface area (Å²) in [5, 5.41) is 9.46. The zero-order valence-electron chi connectivity index (χ0n) is 11.0. The molecule has 0 aromatic carbocycles. The van der Waals surface area contributed by atoms with E-state index in [1.54, 1.807) is 0 Å². The van der Waals surface area contributed by atoms with Crippen molar-refractivity contribution in [3.8, 4) is 0 Å². The Kier molecular flexibility index (Phi) is 3.13. The maximum atomic E-state index is 12.3. The van der Waals surface area contributed by atoms with Gasteiger partial charge in [-0.25, -0.2) is 12.7 Å². The highest BCUT2D eigenvalue weighted by atomic mass is 32.2. The molecule has 2 saturated carbocycles. The minimum Gasteiger partial charge on any atom is -0.481 e. The van der Waals surface area contributed by atoms with E-state index in [2.05, 4.69) is 0 Å². The largest absolute Gasteiger partial charge is 0.481 e. The van der Waals surface area contributed by atoms with Crippen LogP contribution < -0.4 is 0 Å². The van der Waals surface area contributed by atoms with Gasteiger partial charge in [-0.15, -0.1) is 0 Å². The fourth-order valence-corrected chi connectivity index (χ4v) is 5.38. The zero-order valence-corrected chi connectivity index (χ0v) is 11.9. The number of hydrogen-bond donors (Lipinski definition) is 1. The number of carbonyl (C=O) groups is 1. The van der Waals surface area contributed by atoms with Crippen LogP contribution in [0.25, 0.3) is 0 Å². The normalized spacial score (nSPS) is 35.5. The van der Waals surface area contributed by atoms with Gasteiger partial charge in [-0.2, -0.15) is 0 Å².